The first-order valence-corrected chi connectivity index (χ1v) is 11.9. The number of nitrogens with one attached hydrogen (secondary N) is 1. The van der Waals surface area contributed by atoms with E-state index < -0.39 is 17.9 Å². The number of ether oxygens (including phenoxy) is 2. The summed E-state index contributed by atoms with van der Waals surface area (Å²) in [6.07, 6.45) is -4.82. The molecule has 0 aliphatic heterocycles. The number of aromatic nitrogens is 1. The summed E-state index contributed by atoms with van der Waals surface area (Å²) >= 11 is 0. The molecule has 37 heavy (non-hydrogen) atoms. The molecule has 4 aromatic rings. The quantitative estimate of drug-likeness (QED) is 0.194. The van der Waals surface area contributed by atoms with Crippen LogP contribution < -0.4 is 9.47 Å². The van der Waals surface area contributed by atoms with Crippen molar-refractivity contribution < 1.29 is 32.5 Å². The first-order chi connectivity index (χ1) is 17.5. The molecular formula is C29H28F3NO4. The van der Waals surface area contributed by atoms with Crippen LogP contribution in [0.25, 0.3) is 22.0 Å². The highest BCUT2D eigenvalue weighted by molar-refractivity contribution is 5.98. The summed E-state index contributed by atoms with van der Waals surface area (Å²) in [5, 5.41) is 10.0. The Morgan fingerprint density at radius 2 is 1.73 bits per heavy atom. The highest BCUT2D eigenvalue weighted by Gasteiger charge is 2.31. The molecule has 194 valence electrons. The first kappa shape index (κ1) is 26.1. The fraction of sp³-hybridized carbons (Fsp3) is 0.276. The number of hydrogen-bond donors (Lipinski definition) is 2. The van der Waals surface area contributed by atoms with Crippen LogP contribution in [0.4, 0.5) is 18.0 Å². The van der Waals surface area contributed by atoms with E-state index in [0.717, 1.165) is 40.0 Å². The molecule has 0 atom stereocenters. The minimum absolute atomic E-state index is 0.0992. The lowest BCUT2D eigenvalue weighted by atomic mass is 9.95. The van der Waals surface area contributed by atoms with E-state index >= 15 is 0 Å². The second kappa shape index (κ2) is 10.2. The number of halogens is 3. The van der Waals surface area contributed by atoms with E-state index in [1.165, 1.54) is 6.07 Å². The number of hydrogen-bond acceptors (Lipinski definition) is 3. The number of para-hydroxylation sites is 1. The molecule has 0 fully saturated rings. The van der Waals surface area contributed by atoms with Crippen LogP contribution in [0.15, 0.2) is 48.5 Å². The largest absolute Gasteiger partial charge is 0.512 e. The third-order valence-electron chi connectivity index (χ3n) is 6.53. The summed E-state index contributed by atoms with van der Waals surface area (Å²) < 4.78 is 50.6. The molecule has 1 aromatic heterocycles. The van der Waals surface area contributed by atoms with Crippen molar-refractivity contribution in [1.82, 2.24) is 4.98 Å². The van der Waals surface area contributed by atoms with Gasteiger partial charge in [-0.25, -0.2) is 4.79 Å². The summed E-state index contributed by atoms with van der Waals surface area (Å²) in [6, 6.07) is 13.1. The Kier molecular flexibility index (Phi) is 7.21. The van der Waals surface area contributed by atoms with Gasteiger partial charge in [0.15, 0.2) is 0 Å². The van der Waals surface area contributed by atoms with Gasteiger partial charge in [-0.3, -0.25) is 0 Å². The van der Waals surface area contributed by atoms with Crippen LogP contribution in [0.3, 0.4) is 0 Å². The van der Waals surface area contributed by atoms with Crippen LogP contribution in [0.1, 0.15) is 39.8 Å². The maximum Gasteiger partial charge on any atom is 0.512 e. The molecule has 0 aliphatic rings. The number of benzene rings is 3. The molecule has 0 saturated heterocycles. The SMILES string of the molecule is Cc1cc(C)c(C)c(OCCCc2c(OC(=O)O)[nH]c3c(-c4ccc(C(F)(F)F)cc4C)cccc23)c1. The second-order valence-corrected chi connectivity index (χ2v) is 9.21. The van der Waals surface area contributed by atoms with Gasteiger partial charge in [-0.05, 0) is 86.6 Å². The van der Waals surface area contributed by atoms with Crippen molar-refractivity contribution in [2.75, 3.05) is 6.61 Å². The van der Waals surface area contributed by atoms with Crippen molar-refractivity contribution in [3.05, 3.63) is 81.9 Å². The number of carbonyl (C=O) groups is 1. The van der Waals surface area contributed by atoms with E-state index in [2.05, 4.69) is 11.1 Å². The Bertz CT molecular complexity index is 1470. The molecule has 3 aromatic carbocycles. The molecule has 0 amide bonds. The molecule has 0 spiro atoms. The molecule has 8 heteroatoms. The van der Waals surface area contributed by atoms with Crippen molar-refractivity contribution in [2.45, 2.75) is 46.7 Å². The van der Waals surface area contributed by atoms with Crippen LogP contribution in [-0.4, -0.2) is 22.9 Å². The number of H-pyrrole nitrogens is 1. The molecule has 0 radical (unpaired) electrons. The maximum atomic E-state index is 13.2. The Morgan fingerprint density at radius 3 is 2.41 bits per heavy atom. The number of aryl methyl sites for hydroxylation is 4. The van der Waals surface area contributed by atoms with Crippen molar-refractivity contribution >= 4 is 17.1 Å². The Morgan fingerprint density at radius 1 is 0.973 bits per heavy atom. The third kappa shape index (κ3) is 5.58. The van der Waals surface area contributed by atoms with Crippen LogP contribution in [0, 0.1) is 27.7 Å². The van der Waals surface area contributed by atoms with Gasteiger partial charge in [-0.2, -0.15) is 13.2 Å². The number of alkyl halides is 3. The van der Waals surface area contributed by atoms with Crippen molar-refractivity contribution in [1.29, 1.82) is 0 Å². The fourth-order valence-electron chi connectivity index (χ4n) is 4.62. The van der Waals surface area contributed by atoms with Crippen LogP contribution in [-0.2, 0) is 12.6 Å². The number of rotatable bonds is 7. The van der Waals surface area contributed by atoms with Gasteiger partial charge in [0.2, 0.25) is 5.88 Å². The second-order valence-electron chi connectivity index (χ2n) is 9.21. The predicted molar refractivity (Wildman–Crippen MR) is 137 cm³/mol. The zero-order valence-corrected chi connectivity index (χ0v) is 21.0. The van der Waals surface area contributed by atoms with Gasteiger partial charge in [0.25, 0.3) is 0 Å². The van der Waals surface area contributed by atoms with E-state index in [1.807, 2.05) is 32.9 Å². The van der Waals surface area contributed by atoms with Gasteiger partial charge in [-0.1, -0.05) is 30.3 Å². The summed E-state index contributed by atoms with van der Waals surface area (Å²) in [6.45, 7) is 8.09. The van der Waals surface area contributed by atoms with E-state index in [4.69, 9.17) is 9.47 Å². The van der Waals surface area contributed by atoms with E-state index in [1.54, 1.807) is 19.1 Å². The molecule has 2 N–H and O–H groups in total. The molecule has 0 unspecified atom stereocenters. The fourth-order valence-corrected chi connectivity index (χ4v) is 4.62. The van der Waals surface area contributed by atoms with Crippen LogP contribution >= 0.6 is 0 Å². The summed E-state index contributed by atoms with van der Waals surface area (Å²) in [5.41, 5.74) is 5.61. The first-order valence-electron chi connectivity index (χ1n) is 11.9. The molecule has 4 rings (SSSR count). The topological polar surface area (TPSA) is 71.6 Å². The zero-order valence-electron chi connectivity index (χ0n) is 21.0. The third-order valence-corrected chi connectivity index (χ3v) is 6.53. The average Bonchev–Trinajstić information content (AvgIpc) is 3.15. The van der Waals surface area contributed by atoms with Crippen LogP contribution in [0.2, 0.25) is 0 Å². The van der Waals surface area contributed by atoms with Gasteiger partial charge in [0, 0.05) is 16.5 Å². The lowest BCUT2D eigenvalue weighted by Gasteiger charge is -2.13. The average molecular weight is 512 g/mol. The normalized spacial score (nSPS) is 11.6. The molecule has 0 aliphatic carbocycles. The number of fused-ring (bicyclic) bond motifs is 1. The summed E-state index contributed by atoms with van der Waals surface area (Å²) in [4.78, 5) is 14.4. The van der Waals surface area contributed by atoms with Crippen LogP contribution in [0.5, 0.6) is 11.6 Å². The molecular weight excluding hydrogens is 483 g/mol. The van der Waals surface area contributed by atoms with Gasteiger partial charge < -0.3 is 19.6 Å². The van der Waals surface area contributed by atoms with Gasteiger partial charge in [-0.15, -0.1) is 0 Å². The predicted octanol–water partition coefficient (Wildman–Crippen LogP) is 8.16. The van der Waals surface area contributed by atoms with Gasteiger partial charge >= 0.3 is 12.3 Å². The van der Waals surface area contributed by atoms with Crippen molar-refractivity contribution in [3.8, 4) is 22.8 Å². The van der Waals surface area contributed by atoms with Crippen molar-refractivity contribution in [2.24, 2.45) is 0 Å². The minimum atomic E-state index is -4.44. The molecule has 0 saturated carbocycles. The lowest BCUT2D eigenvalue weighted by molar-refractivity contribution is -0.137. The number of carboxylic acid groups (broad SMARTS) is 1. The summed E-state index contributed by atoms with van der Waals surface area (Å²) in [7, 11) is 0. The van der Waals surface area contributed by atoms with E-state index in [-0.39, 0.29) is 5.88 Å². The van der Waals surface area contributed by atoms with E-state index in [9.17, 15) is 23.1 Å². The number of aromatic amines is 1. The molecule has 1 heterocycles. The standard InChI is InChI=1S/C29H28F3NO4/c1-16-13-17(2)19(4)25(14-16)36-12-6-9-24-23-8-5-7-22(26(23)33-27(24)37-28(34)35)21-11-10-20(15-18(21)3)29(30,31)32/h5,7-8,10-11,13-15,33H,6,9,12H2,1-4H3,(H,34,35). The minimum Gasteiger partial charge on any atom is -0.493 e. The molecule has 0 bridgehead atoms. The smallest absolute Gasteiger partial charge is 0.493 e. The zero-order chi connectivity index (χ0) is 26.9. The maximum absolute atomic E-state index is 13.2. The highest BCUT2D eigenvalue weighted by atomic mass is 19.4. The van der Waals surface area contributed by atoms with Gasteiger partial charge in [0.05, 0.1) is 17.7 Å². The molecule has 5 nitrogen and oxygen atoms in total. The highest BCUT2D eigenvalue weighted by Crippen LogP contribution is 2.38. The summed E-state index contributed by atoms with van der Waals surface area (Å²) in [5.74, 6) is 0.917. The monoisotopic (exact) mass is 511 g/mol. The lowest BCUT2D eigenvalue weighted by Crippen LogP contribution is -2.06. The van der Waals surface area contributed by atoms with E-state index in [0.29, 0.717) is 47.2 Å². The Labute approximate surface area is 212 Å². The Hall–Kier alpha value is -3.94. The van der Waals surface area contributed by atoms with Crippen molar-refractivity contribution in [3.63, 3.8) is 0 Å². The Balaban J connectivity index is 1.65. The van der Waals surface area contributed by atoms with Gasteiger partial charge in [0.1, 0.15) is 5.75 Å².